The topological polar surface area (TPSA) is 110 Å². The first kappa shape index (κ1) is 23.1. The molecule has 0 N–H and O–H groups in total. The summed E-state index contributed by atoms with van der Waals surface area (Å²) in [5.74, 6) is -2.40. The van der Waals surface area contributed by atoms with Gasteiger partial charge in [0.2, 0.25) is 5.91 Å². The van der Waals surface area contributed by atoms with Gasteiger partial charge in [0.15, 0.2) is 6.61 Å². The normalized spacial score (nSPS) is 14.2. The Labute approximate surface area is 174 Å². The summed E-state index contributed by atoms with van der Waals surface area (Å²) in [6, 6.07) is 3.32. The van der Waals surface area contributed by atoms with Crippen LogP contribution in [0.3, 0.4) is 0 Å². The summed E-state index contributed by atoms with van der Waals surface area (Å²) >= 11 is 0. The number of likely N-dealkylation sites (N-methyl/N-ethyl adjacent to an activating group) is 1. The van der Waals surface area contributed by atoms with Crippen LogP contribution >= 0.6 is 0 Å². The molecule has 1 aliphatic rings. The minimum atomic E-state index is -1.11. The zero-order chi connectivity index (χ0) is 22.6. The first-order valence-electron chi connectivity index (χ1n) is 9.48. The van der Waals surface area contributed by atoms with Crippen LogP contribution in [0.4, 0.5) is 0 Å². The van der Waals surface area contributed by atoms with Crippen molar-refractivity contribution in [2.24, 2.45) is 0 Å². The molecule has 0 radical (unpaired) electrons. The second-order valence-electron chi connectivity index (χ2n) is 8.03. The zero-order valence-corrected chi connectivity index (χ0v) is 17.8. The van der Waals surface area contributed by atoms with Crippen molar-refractivity contribution < 1.29 is 33.4 Å². The van der Waals surface area contributed by atoms with Crippen molar-refractivity contribution in [1.29, 1.82) is 0 Å². The van der Waals surface area contributed by atoms with Crippen molar-refractivity contribution >= 4 is 30.0 Å². The van der Waals surface area contributed by atoms with Crippen molar-refractivity contribution in [2.75, 3.05) is 20.7 Å². The van der Waals surface area contributed by atoms with Crippen LogP contribution in [0.5, 0.6) is 5.75 Å². The summed E-state index contributed by atoms with van der Waals surface area (Å²) in [4.78, 5) is 63.5. The maximum absolute atomic E-state index is 13.1. The molecule has 1 unspecified atom stereocenters. The Balaban J connectivity index is 2.31. The van der Waals surface area contributed by atoms with Crippen LogP contribution in [-0.2, 0) is 19.1 Å². The van der Waals surface area contributed by atoms with Crippen molar-refractivity contribution in [3.05, 3.63) is 29.3 Å². The number of imide groups is 1. The van der Waals surface area contributed by atoms with E-state index in [0.717, 1.165) is 4.90 Å². The van der Waals surface area contributed by atoms with Gasteiger partial charge in [0.1, 0.15) is 23.7 Å². The number of aldehydes is 1. The van der Waals surface area contributed by atoms with E-state index in [4.69, 9.17) is 9.47 Å². The maximum atomic E-state index is 13.1. The van der Waals surface area contributed by atoms with E-state index in [2.05, 4.69) is 0 Å². The molecular formula is C21H26N2O7. The van der Waals surface area contributed by atoms with Crippen LogP contribution in [0.15, 0.2) is 18.2 Å². The minimum Gasteiger partial charge on any atom is -0.481 e. The van der Waals surface area contributed by atoms with Crippen molar-refractivity contribution in [2.45, 2.75) is 45.3 Å². The molecule has 0 saturated carbocycles. The molecule has 0 bridgehead atoms. The highest BCUT2D eigenvalue weighted by molar-refractivity contribution is 6.24. The summed E-state index contributed by atoms with van der Waals surface area (Å²) in [6.07, 6.45) is 0.656. The fourth-order valence-corrected chi connectivity index (χ4v) is 3.07. The Morgan fingerprint density at radius 2 is 1.83 bits per heavy atom. The van der Waals surface area contributed by atoms with Crippen LogP contribution in [0.2, 0.25) is 0 Å². The number of hydrogen-bond donors (Lipinski definition) is 0. The van der Waals surface area contributed by atoms with E-state index in [1.807, 2.05) is 0 Å². The average Bonchev–Trinajstić information content (AvgIpc) is 2.90. The molecule has 9 heteroatoms. The Kier molecular flexibility index (Phi) is 6.96. The van der Waals surface area contributed by atoms with E-state index in [1.54, 1.807) is 20.8 Å². The van der Waals surface area contributed by atoms with Crippen LogP contribution < -0.4 is 4.74 Å². The Hall–Kier alpha value is -3.23. The van der Waals surface area contributed by atoms with Crippen LogP contribution in [0, 0.1) is 0 Å². The van der Waals surface area contributed by atoms with Gasteiger partial charge in [0, 0.05) is 20.5 Å². The molecule has 3 amide bonds. The molecule has 1 aliphatic heterocycles. The summed E-state index contributed by atoms with van der Waals surface area (Å²) in [5, 5.41) is 0. The monoisotopic (exact) mass is 418 g/mol. The summed E-state index contributed by atoms with van der Waals surface area (Å²) in [6.45, 7) is 4.70. The third kappa shape index (κ3) is 5.03. The second kappa shape index (κ2) is 9.06. The van der Waals surface area contributed by atoms with E-state index < -0.39 is 41.9 Å². The van der Waals surface area contributed by atoms with Gasteiger partial charge in [-0.2, -0.15) is 0 Å². The number of hydrogen-bond acceptors (Lipinski definition) is 7. The molecule has 1 heterocycles. The lowest BCUT2D eigenvalue weighted by molar-refractivity contribution is -0.157. The number of esters is 1. The van der Waals surface area contributed by atoms with Crippen LogP contribution in [0.25, 0.3) is 0 Å². The van der Waals surface area contributed by atoms with Crippen molar-refractivity contribution in [3.8, 4) is 5.75 Å². The summed E-state index contributed by atoms with van der Waals surface area (Å²) in [5.41, 5.74) is -0.641. The molecule has 0 aliphatic carbocycles. The quantitative estimate of drug-likeness (QED) is 0.357. The average molecular weight is 418 g/mol. The largest absolute Gasteiger partial charge is 0.481 e. The van der Waals surface area contributed by atoms with Gasteiger partial charge in [-0.05, 0) is 39.3 Å². The highest BCUT2D eigenvalue weighted by Crippen LogP contribution is 2.33. The smallest absolute Gasteiger partial charge is 0.344 e. The molecule has 30 heavy (non-hydrogen) atoms. The van der Waals surface area contributed by atoms with Gasteiger partial charge in [-0.3, -0.25) is 19.3 Å². The Morgan fingerprint density at radius 1 is 1.17 bits per heavy atom. The molecule has 0 aromatic heterocycles. The van der Waals surface area contributed by atoms with Gasteiger partial charge < -0.3 is 19.2 Å². The zero-order valence-electron chi connectivity index (χ0n) is 17.8. The minimum absolute atomic E-state index is 0.0135. The predicted octanol–water partition coefficient (Wildman–Crippen LogP) is 1.44. The van der Waals surface area contributed by atoms with Gasteiger partial charge >= 0.3 is 5.97 Å². The third-order valence-electron chi connectivity index (χ3n) is 4.27. The fourth-order valence-electron chi connectivity index (χ4n) is 3.07. The molecule has 0 spiro atoms. The molecule has 0 saturated heterocycles. The fraction of sp³-hybridized carbons (Fsp3) is 0.476. The van der Waals surface area contributed by atoms with Crippen LogP contribution in [-0.4, -0.2) is 72.1 Å². The molecule has 1 aromatic rings. The molecule has 1 aromatic carbocycles. The number of carbonyl (C=O) groups is 5. The van der Waals surface area contributed by atoms with E-state index >= 15 is 0 Å². The number of nitrogens with zero attached hydrogens (tertiary/aromatic N) is 2. The molecule has 2 rings (SSSR count). The number of carbonyl (C=O) groups excluding carboxylic acids is 5. The predicted molar refractivity (Wildman–Crippen MR) is 106 cm³/mol. The second-order valence-corrected chi connectivity index (χ2v) is 8.03. The number of fused-ring (bicyclic) bond motifs is 1. The number of amides is 3. The van der Waals surface area contributed by atoms with Crippen molar-refractivity contribution in [1.82, 2.24) is 9.80 Å². The highest BCUT2D eigenvalue weighted by atomic mass is 16.6. The third-order valence-corrected chi connectivity index (χ3v) is 4.27. The van der Waals surface area contributed by atoms with Gasteiger partial charge in [-0.1, -0.05) is 6.07 Å². The lowest BCUT2D eigenvalue weighted by Crippen LogP contribution is -2.49. The number of benzene rings is 1. The lowest BCUT2D eigenvalue weighted by atomic mass is 10.1. The van der Waals surface area contributed by atoms with Gasteiger partial charge in [-0.25, -0.2) is 4.79 Å². The van der Waals surface area contributed by atoms with E-state index in [1.165, 1.54) is 37.2 Å². The molecular weight excluding hydrogens is 392 g/mol. The van der Waals surface area contributed by atoms with Crippen molar-refractivity contribution in [3.63, 3.8) is 0 Å². The molecule has 1 atom stereocenters. The van der Waals surface area contributed by atoms with E-state index in [0.29, 0.717) is 6.29 Å². The summed E-state index contributed by atoms with van der Waals surface area (Å²) < 4.78 is 10.6. The first-order chi connectivity index (χ1) is 14.0. The van der Waals surface area contributed by atoms with Gasteiger partial charge in [0.05, 0.1) is 11.1 Å². The Morgan fingerprint density at radius 3 is 2.40 bits per heavy atom. The molecule has 0 fully saturated rings. The maximum Gasteiger partial charge on any atom is 0.344 e. The van der Waals surface area contributed by atoms with E-state index in [-0.39, 0.29) is 29.7 Å². The first-order valence-corrected chi connectivity index (χ1v) is 9.48. The standard InChI is InChI=1S/C21H26N2O7/c1-21(2,3)30-16(25)12-29-15-10-6-8-13-17(15)20(28)23(18(13)26)14(9-7-11-24)19(27)22(4)5/h6,8,10-11,14H,7,9,12H2,1-5H3. The summed E-state index contributed by atoms with van der Waals surface area (Å²) in [7, 11) is 3.01. The molecule has 9 nitrogen and oxygen atoms in total. The van der Waals surface area contributed by atoms with Gasteiger partial charge in [0.25, 0.3) is 11.8 Å². The SMILES string of the molecule is CN(C)C(=O)C(CCC=O)N1C(=O)c2cccc(OCC(=O)OC(C)(C)C)c2C1=O. The highest BCUT2D eigenvalue weighted by Gasteiger charge is 2.44. The van der Waals surface area contributed by atoms with Gasteiger partial charge in [-0.15, -0.1) is 0 Å². The Bertz CT molecular complexity index is 871. The number of rotatable bonds is 8. The molecule has 162 valence electrons. The van der Waals surface area contributed by atoms with Crippen LogP contribution in [0.1, 0.15) is 54.3 Å². The van der Waals surface area contributed by atoms with E-state index in [9.17, 15) is 24.0 Å². The number of ether oxygens (including phenoxy) is 2. The lowest BCUT2D eigenvalue weighted by Gasteiger charge is -2.27.